The van der Waals surface area contributed by atoms with E-state index in [0.717, 1.165) is 17.3 Å². The molecule has 2 unspecified atom stereocenters. The summed E-state index contributed by atoms with van der Waals surface area (Å²) in [5.41, 5.74) is -0.701. The average molecular weight is 296 g/mol. The zero-order valence-corrected chi connectivity index (χ0v) is 12.3. The third-order valence-corrected chi connectivity index (χ3v) is 3.91. The van der Waals surface area contributed by atoms with Crippen LogP contribution < -0.4 is 9.59 Å². The number of hydrogen-bond acceptors (Lipinski definition) is 5. The van der Waals surface area contributed by atoms with Gasteiger partial charge in [-0.1, -0.05) is 0 Å². The number of carbonyl (C=O) groups excluding carboxylic acids is 2. The second-order valence-electron chi connectivity index (χ2n) is 6.09. The highest BCUT2D eigenvalue weighted by Gasteiger charge is 2.61. The van der Waals surface area contributed by atoms with Crippen LogP contribution in [-0.4, -0.2) is 52.0 Å². The fraction of sp³-hybridized carbons (Fsp3) is 0.538. The number of amides is 2. The maximum absolute atomic E-state index is 13.0. The first-order valence-electron chi connectivity index (χ1n) is 6.46. The molecular formula is C13H17FN4O3. The van der Waals surface area contributed by atoms with Crippen molar-refractivity contribution in [3.05, 3.63) is 18.2 Å². The van der Waals surface area contributed by atoms with E-state index in [1.165, 1.54) is 7.05 Å². The summed E-state index contributed by atoms with van der Waals surface area (Å²) in [5, 5.41) is 11.2. The summed E-state index contributed by atoms with van der Waals surface area (Å²) in [6.45, 7) is 5.28. The number of aliphatic carboxylic acids is 1. The Hall–Kier alpha value is -2.09. The van der Waals surface area contributed by atoms with Gasteiger partial charge < -0.3 is 9.90 Å². The van der Waals surface area contributed by atoms with E-state index < -0.39 is 33.9 Å². The van der Waals surface area contributed by atoms with Crippen molar-refractivity contribution < 1.29 is 19.1 Å². The predicted octanol–water partition coefficient (Wildman–Crippen LogP) is -0.0946. The number of aromatic nitrogens is 2. The highest BCUT2D eigenvalue weighted by Crippen LogP contribution is 2.37. The fourth-order valence-corrected chi connectivity index (χ4v) is 2.63. The molecule has 0 aromatic carbocycles. The first kappa shape index (κ1) is 15.3. The van der Waals surface area contributed by atoms with Gasteiger partial charge in [0.1, 0.15) is 18.1 Å². The van der Waals surface area contributed by atoms with Gasteiger partial charge in [0.05, 0.1) is 18.4 Å². The Bertz CT molecular complexity index is 584. The van der Waals surface area contributed by atoms with Crippen molar-refractivity contribution in [1.82, 2.24) is 19.4 Å². The van der Waals surface area contributed by atoms with Gasteiger partial charge in [0.2, 0.25) is 0 Å². The van der Waals surface area contributed by atoms with Gasteiger partial charge in [-0.2, -0.15) is 14.5 Å². The van der Waals surface area contributed by atoms with Crippen LogP contribution in [0.4, 0.5) is 15.1 Å². The number of hydrogen-bond donors (Lipinski definition) is 0. The SMILES string of the molecule is CN1C(=O)[N+](c2ncc(F)cn2)(C(C)(C)C)CC1C(=O)[O-]. The number of carbonyl (C=O) groups is 2. The van der Waals surface area contributed by atoms with E-state index in [1.54, 1.807) is 20.8 Å². The van der Waals surface area contributed by atoms with E-state index in [-0.39, 0.29) is 12.5 Å². The second-order valence-corrected chi connectivity index (χ2v) is 6.09. The van der Waals surface area contributed by atoms with Gasteiger partial charge in [-0.15, -0.1) is 0 Å². The molecule has 114 valence electrons. The summed E-state index contributed by atoms with van der Waals surface area (Å²) in [5.74, 6) is -1.89. The third kappa shape index (κ3) is 2.15. The molecule has 0 radical (unpaired) electrons. The number of nitrogens with zero attached hydrogens (tertiary/aromatic N) is 4. The molecule has 0 saturated carbocycles. The highest BCUT2D eigenvalue weighted by molar-refractivity contribution is 5.94. The lowest BCUT2D eigenvalue weighted by atomic mass is 10.0. The molecule has 2 amide bonds. The first-order chi connectivity index (χ1) is 9.61. The molecule has 2 heterocycles. The molecule has 1 aliphatic rings. The zero-order chi connectivity index (χ0) is 16.0. The number of urea groups is 1. The van der Waals surface area contributed by atoms with E-state index in [0.29, 0.717) is 0 Å². The van der Waals surface area contributed by atoms with E-state index >= 15 is 0 Å². The number of quaternary nitrogens is 1. The molecule has 0 N–H and O–H groups in total. The number of rotatable bonds is 2. The normalized spacial score (nSPS) is 26.2. The van der Waals surface area contributed by atoms with E-state index in [1.807, 2.05) is 0 Å². The molecule has 2 rings (SSSR count). The van der Waals surface area contributed by atoms with Crippen LogP contribution >= 0.6 is 0 Å². The molecule has 1 fully saturated rings. The van der Waals surface area contributed by atoms with Crippen LogP contribution in [-0.2, 0) is 4.79 Å². The topological polar surface area (TPSA) is 86.2 Å². The average Bonchev–Trinajstić information content (AvgIpc) is 2.65. The quantitative estimate of drug-likeness (QED) is 0.712. The maximum Gasteiger partial charge on any atom is 0.427 e. The van der Waals surface area contributed by atoms with Crippen LogP contribution in [0.15, 0.2) is 12.4 Å². The smallest absolute Gasteiger partial charge is 0.427 e. The van der Waals surface area contributed by atoms with Crippen molar-refractivity contribution in [2.75, 3.05) is 13.6 Å². The van der Waals surface area contributed by atoms with Gasteiger partial charge in [0.25, 0.3) is 0 Å². The molecule has 0 spiro atoms. The number of likely N-dealkylation sites (N-methyl/N-ethyl adjacent to an activating group) is 1. The Morgan fingerprint density at radius 2 is 1.95 bits per heavy atom. The first-order valence-corrected chi connectivity index (χ1v) is 6.46. The summed E-state index contributed by atoms with van der Waals surface area (Å²) in [6, 6.07) is -1.53. The molecule has 8 heteroatoms. The van der Waals surface area contributed by atoms with Crippen LogP contribution in [0, 0.1) is 5.82 Å². The molecule has 1 aromatic heterocycles. The minimum Gasteiger partial charge on any atom is -0.548 e. The van der Waals surface area contributed by atoms with Crippen LogP contribution in [0.1, 0.15) is 20.8 Å². The third-order valence-electron chi connectivity index (χ3n) is 3.91. The van der Waals surface area contributed by atoms with Crippen LogP contribution in [0.2, 0.25) is 0 Å². The van der Waals surface area contributed by atoms with Gasteiger partial charge in [-0.25, -0.2) is 9.18 Å². The molecule has 1 aromatic rings. The number of carboxylic acids is 1. The molecule has 21 heavy (non-hydrogen) atoms. The van der Waals surface area contributed by atoms with Gasteiger partial charge in [-0.05, 0) is 20.8 Å². The summed E-state index contributed by atoms with van der Waals surface area (Å²) in [7, 11) is 1.40. The minimum absolute atomic E-state index is 0.0627. The molecular weight excluding hydrogens is 279 g/mol. The Morgan fingerprint density at radius 3 is 2.33 bits per heavy atom. The van der Waals surface area contributed by atoms with Crippen LogP contribution in [0.5, 0.6) is 0 Å². The minimum atomic E-state index is -1.34. The lowest BCUT2D eigenvalue weighted by Gasteiger charge is -2.39. The summed E-state index contributed by atoms with van der Waals surface area (Å²) in [6.07, 6.45) is 1.93. The zero-order valence-electron chi connectivity index (χ0n) is 12.3. The Kier molecular flexibility index (Phi) is 3.45. The Balaban J connectivity index is 2.62. The molecule has 2 atom stereocenters. The van der Waals surface area contributed by atoms with Crippen molar-refractivity contribution in [2.24, 2.45) is 0 Å². The lowest BCUT2D eigenvalue weighted by Crippen LogP contribution is -2.64. The Morgan fingerprint density at radius 1 is 1.43 bits per heavy atom. The number of halogens is 1. The van der Waals surface area contributed by atoms with E-state index in [2.05, 4.69) is 9.97 Å². The standard InChI is InChI=1S/C13H17FN4O3/c1-13(2,3)18(11-15-5-8(14)6-16-11)7-9(10(19)20)17(4)12(18)21/h5-6,9H,7H2,1-4H3. The largest absolute Gasteiger partial charge is 0.548 e. The summed E-state index contributed by atoms with van der Waals surface area (Å²) in [4.78, 5) is 32.9. The van der Waals surface area contributed by atoms with E-state index in [4.69, 9.17) is 0 Å². The van der Waals surface area contributed by atoms with Crippen LogP contribution in [0.25, 0.3) is 0 Å². The second kappa shape index (κ2) is 4.73. The van der Waals surface area contributed by atoms with Crippen molar-refractivity contribution >= 4 is 17.9 Å². The number of carboxylic acid groups (broad SMARTS) is 1. The van der Waals surface area contributed by atoms with Crippen LogP contribution in [0.3, 0.4) is 0 Å². The molecule has 7 nitrogen and oxygen atoms in total. The van der Waals surface area contributed by atoms with Crippen molar-refractivity contribution in [1.29, 1.82) is 0 Å². The molecule has 0 aliphatic carbocycles. The van der Waals surface area contributed by atoms with Gasteiger partial charge in [0.15, 0.2) is 5.82 Å². The summed E-state index contributed by atoms with van der Waals surface area (Å²) < 4.78 is 12.6. The predicted molar refractivity (Wildman–Crippen MR) is 70.4 cm³/mol. The monoisotopic (exact) mass is 296 g/mol. The maximum atomic E-state index is 13.0. The van der Waals surface area contributed by atoms with Crippen molar-refractivity contribution in [2.45, 2.75) is 32.4 Å². The van der Waals surface area contributed by atoms with Crippen molar-refractivity contribution in [3.8, 4) is 0 Å². The van der Waals surface area contributed by atoms with Crippen molar-refractivity contribution in [3.63, 3.8) is 0 Å². The Labute approximate surface area is 121 Å². The molecule has 1 saturated heterocycles. The molecule has 1 aliphatic heterocycles. The van der Waals surface area contributed by atoms with E-state index in [9.17, 15) is 19.1 Å². The fourth-order valence-electron chi connectivity index (χ4n) is 2.63. The van der Waals surface area contributed by atoms with Gasteiger partial charge in [0, 0.05) is 7.05 Å². The highest BCUT2D eigenvalue weighted by atomic mass is 19.1. The van der Waals surface area contributed by atoms with Gasteiger partial charge >= 0.3 is 12.0 Å². The lowest BCUT2D eigenvalue weighted by molar-refractivity contribution is -0.309. The molecule has 0 bridgehead atoms. The van der Waals surface area contributed by atoms with Gasteiger partial charge in [-0.3, -0.25) is 4.90 Å². The summed E-state index contributed by atoms with van der Waals surface area (Å²) >= 11 is 0.